The van der Waals surface area contributed by atoms with E-state index in [2.05, 4.69) is 47.8 Å². The van der Waals surface area contributed by atoms with Crippen LogP contribution in [0.3, 0.4) is 0 Å². The van der Waals surface area contributed by atoms with Crippen LogP contribution in [0, 0.1) is 5.92 Å². The van der Waals surface area contributed by atoms with Gasteiger partial charge in [-0.3, -0.25) is 0 Å². The summed E-state index contributed by atoms with van der Waals surface area (Å²) in [5.41, 5.74) is 0. The van der Waals surface area contributed by atoms with Gasteiger partial charge in [-0.25, -0.2) is 0 Å². The molecule has 144 valence electrons. The molecule has 0 saturated carbocycles. The van der Waals surface area contributed by atoms with Crippen molar-refractivity contribution in [1.29, 1.82) is 0 Å². The van der Waals surface area contributed by atoms with Gasteiger partial charge in [0.05, 0.1) is 0 Å². The van der Waals surface area contributed by atoms with Gasteiger partial charge >= 0.3 is 0 Å². The Bertz CT molecular complexity index is 133. The first kappa shape index (κ1) is 30.6. The van der Waals surface area contributed by atoms with Crippen LogP contribution < -0.4 is 0 Å². The van der Waals surface area contributed by atoms with Crippen molar-refractivity contribution in [1.82, 2.24) is 0 Å². The summed E-state index contributed by atoms with van der Waals surface area (Å²) in [6.45, 7) is 21.4. The van der Waals surface area contributed by atoms with E-state index < -0.39 is 0 Å². The Hall–Kier alpha value is -0.260. The first-order valence-electron chi connectivity index (χ1n) is 10.8. The molecule has 0 aromatic carbocycles. The minimum atomic E-state index is 1.02. The van der Waals surface area contributed by atoms with Crippen LogP contribution in [0.1, 0.15) is 132 Å². The van der Waals surface area contributed by atoms with Crippen molar-refractivity contribution < 1.29 is 0 Å². The molecule has 0 N–H and O–H groups in total. The minimum absolute atomic E-state index is 1.02. The van der Waals surface area contributed by atoms with Crippen LogP contribution in [0.4, 0.5) is 0 Å². The van der Waals surface area contributed by atoms with Crippen LogP contribution in [0.25, 0.3) is 0 Å². The molecule has 0 spiro atoms. The summed E-state index contributed by atoms with van der Waals surface area (Å²) in [6, 6.07) is 0. The fraction of sp³-hybridized carbons (Fsp3) is 0.913. The summed E-state index contributed by atoms with van der Waals surface area (Å²) in [7, 11) is 0. The van der Waals surface area contributed by atoms with E-state index in [4.69, 9.17) is 0 Å². The highest BCUT2D eigenvalue weighted by Crippen LogP contribution is 2.17. The fourth-order valence-corrected chi connectivity index (χ4v) is 2.48. The summed E-state index contributed by atoms with van der Waals surface area (Å²) >= 11 is 0. The molecule has 0 amide bonds. The van der Waals surface area contributed by atoms with Gasteiger partial charge < -0.3 is 0 Å². The molecule has 0 radical (unpaired) electrons. The van der Waals surface area contributed by atoms with Gasteiger partial charge in [0.1, 0.15) is 0 Å². The maximum Gasteiger partial charge on any atom is -0.0417 e. The number of hydrogen-bond acceptors (Lipinski definition) is 0. The third-order valence-electron chi connectivity index (χ3n) is 3.95. The molecule has 0 bridgehead atoms. The van der Waals surface area contributed by atoms with E-state index in [0.29, 0.717) is 0 Å². The van der Waals surface area contributed by atoms with E-state index >= 15 is 0 Å². The quantitative estimate of drug-likeness (QED) is 0.247. The van der Waals surface area contributed by atoms with Crippen molar-refractivity contribution in [2.24, 2.45) is 5.92 Å². The van der Waals surface area contributed by atoms with Crippen molar-refractivity contribution in [3.8, 4) is 0 Å². The van der Waals surface area contributed by atoms with E-state index in [1.54, 1.807) is 0 Å². The Labute approximate surface area is 151 Å². The standard InChI is InChI=1S/C10H22.C9H20.C2H6.C2H4/c1-4-7-9-10(6-3)8-5-2;1-3-5-7-9-8-6-4-2;2*1-2/h10H,4-9H2,1-3H3;3-9H2,1-2H3;1-2H3;1-2H2. The summed E-state index contributed by atoms with van der Waals surface area (Å²) in [4.78, 5) is 0. The summed E-state index contributed by atoms with van der Waals surface area (Å²) in [6.07, 6.45) is 18.4. The van der Waals surface area contributed by atoms with Gasteiger partial charge in [0.15, 0.2) is 0 Å². The predicted octanol–water partition coefficient (Wildman–Crippen LogP) is 9.59. The summed E-state index contributed by atoms with van der Waals surface area (Å²) in [5, 5.41) is 0. The maximum absolute atomic E-state index is 3.00. The SMILES string of the molecule is C=C.CC.CCCCC(CC)CCC.CCCCCCCCC. The zero-order valence-corrected chi connectivity index (χ0v) is 18.2. The predicted molar refractivity (Wildman–Crippen MR) is 114 cm³/mol. The van der Waals surface area contributed by atoms with E-state index in [1.165, 1.54) is 83.5 Å². The second-order valence-corrected chi connectivity index (χ2v) is 5.97. The lowest BCUT2D eigenvalue weighted by atomic mass is 9.95. The molecule has 0 aliphatic rings. The molecule has 0 heteroatoms. The molecular formula is C23H52. The van der Waals surface area contributed by atoms with Crippen molar-refractivity contribution >= 4 is 0 Å². The second-order valence-electron chi connectivity index (χ2n) is 5.97. The third kappa shape index (κ3) is 39.0. The topological polar surface area (TPSA) is 0 Å². The van der Waals surface area contributed by atoms with Crippen LogP contribution in [-0.2, 0) is 0 Å². The number of unbranched alkanes of at least 4 members (excludes halogenated alkanes) is 7. The first-order valence-corrected chi connectivity index (χ1v) is 10.8. The lowest BCUT2D eigenvalue weighted by Crippen LogP contribution is -1.97. The van der Waals surface area contributed by atoms with Crippen molar-refractivity contribution in [2.45, 2.75) is 132 Å². The molecule has 0 rings (SSSR count). The molecule has 1 atom stereocenters. The minimum Gasteiger partial charge on any atom is -0.106 e. The third-order valence-corrected chi connectivity index (χ3v) is 3.95. The molecule has 0 aliphatic carbocycles. The molecule has 0 aliphatic heterocycles. The van der Waals surface area contributed by atoms with Crippen molar-refractivity contribution in [3.05, 3.63) is 13.2 Å². The smallest absolute Gasteiger partial charge is 0.0417 e. The molecule has 0 fully saturated rings. The van der Waals surface area contributed by atoms with Gasteiger partial charge in [0.2, 0.25) is 0 Å². The van der Waals surface area contributed by atoms with Crippen molar-refractivity contribution in [3.63, 3.8) is 0 Å². The highest BCUT2D eigenvalue weighted by Gasteiger charge is 2.02. The highest BCUT2D eigenvalue weighted by molar-refractivity contribution is 4.55. The Kier molecular flexibility index (Phi) is 50.2. The second kappa shape index (κ2) is 37.7. The molecule has 1 unspecified atom stereocenters. The average Bonchev–Trinajstić information content (AvgIpc) is 2.62. The zero-order chi connectivity index (χ0) is 18.8. The molecular weight excluding hydrogens is 276 g/mol. The van der Waals surface area contributed by atoms with Crippen LogP contribution in [0.5, 0.6) is 0 Å². The lowest BCUT2D eigenvalue weighted by Gasteiger charge is -2.11. The van der Waals surface area contributed by atoms with E-state index in [-0.39, 0.29) is 0 Å². The first-order chi connectivity index (χ1) is 11.3. The van der Waals surface area contributed by atoms with E-state index in [9.17, 15) is 0 Å². The normalized spacial score (nSPS) is 10.2. The summed E-state index contributed by atoms with van der Waals surface area (Å²) < 4.78 is 0. The van der Waals surface area contributed by atoms with Gasteiger partial charge in [-0.1, -0.05) is 132 Å². The molecule has 0 nitrogen and oxygen atoms in total. The molecule has 23 heavy (non-hydrogen) atoms. The largest absolute Gasteiger partial charge is 0.106 e. The van der Waals surface area contributed by atoms with Gasteiger partial charge in [-0.2, -0.15) is 0 Å². The monoisotopic (exact) mass is 328 g/mol. The molecule has 0 aromatic heterocycles. The molecule has 0 saturated heterocycles. The van der Waals surface area contributed by atoms with Gasteiger partial charge in [-0.05, 0) is 5.92 Å². The Balaban J connectivity index is -0.000000129. The average molecular weight is 329 g/mol. The Morgan fingerprint density at radius 2 is 0.913 bits per heavy atom. The number of rotatable bonds is 12. The maximum atomic E-state index is 3.00. The van der Waals surface area contributed by atoms with E-state index in [1.807, 2.05) is 13.8 Å². The Morgan fingerprint density at radius 1 is 0.522 bits per heavy atom. The lowest BCUT2D eigenvalue weighted by molar-refractivity contribution is 0.417. The van der Waals surface area contributed by atoms with Crippen molar-refractivity contribution in [2.75, 3.05) is 0 Å². The van der Waals surface area contributed by atoms with Gasteiger partial charge in [0.25, 0.3) is 0 Å². The molecule has 0 aromatic rings. The van der Waals surface area contributed by atoms with Gasteiger partial charge in [0, 0.05) is 0 Å². The van der Waals surface area contributed by atoms with E-state index in [0.717, 1.165) is 5.92 Å². The highest BCUT2D eigenvalue weighted by atomic mass is 14.1. The Morgan fingerprint density at radius 3 is 1.22 bits per heavy atom. The molecule has 0 heterocycles. The fourth-order valence-electron chi connectivity index (χ4n) is 2.48. The van der Waals surface area contributed by atoms with Crippen LogP contribution in [0.2, 0.25) is 0 Å². The van der Waals surface area contributed by atoms with Crippen LogP contribution >= 0.6 is 0 Å². The zero-order valence-electron chi connectivity index (χ0n) is 18.2. The van der Waals surface area contributed by atoms with Crippen LogP contribution in [0.15, 0.2) is 13.2 Å². The number of hydrogen-bond donors (Lipinski definition) is 0. The summed E-state index contributed by atoms with van der Waals surface area (Å²) in [5.74, 6) is 1.02. The van der Waals surface area contributed by atoms with Gasteiger partial charge in [-0.15, -0.1) is 13.2 Å². The van der Waals surface area contributed by atoms with Crippen LogP contribution in [-0.4, -0.2) is 0 Å².